The van der Waals surface area contributed by atoms with E-state index in [-0.39, 0.29) is 62.7 Å². The lowest BCUT2D eigenvalue weighted by Gasteiger charge is -2.34. The van der Waals surface area contributed by atoms with Crippen LogP contribution in [0.15, 0.2) is 12.4 Å². The number of hydrogen-bond donors (Lipinski definition) is 0. The van der Waals surface area contributed by atoms with Crippen molar-refractivity contribution in [3.8, 4) is 0 Å². The number of hydrogen-bond acceptors (Lipinski definition) is 8. The average molecular weight is 420 g/mol. The minimum absolute atomic E-state index is 0.212. The molecule has 14 heteroatoms. The molecule has 1 aliphatic heterocycles. The Labute approximate surface area is 170 Å². The lowest BCUT2D eigenvalue weighted by atomic mass is 10.3. The molecule has 0 bridgehead atoms. The molecule has 2 aromatic heterocycles. The van der Waals surface area contributed by atoms with Gasteiger partial charge >= 0.3 is 11.6 Å². The largest absolute Gasteiger partial charge is 0.358 e. The van der Waals surface area contributed by atoms with Crippen LogP contribution in [-0.2, 0) is 22.7 Å². The Balaban J connectivity index is 1.58. The van der Waals surface area contributed by atoms with Crippen molar-refractivity contribution in [2.75, 3.05) is 26.2 Å². The molecule has 160 valence electrons. The topological polar surface area (TPSA) is 163 Å². The molecule has 3 rings (SSSR count). The van der Waals surface area contributed by atoms with Crippen molar-refractivity contribution in [2.24, 2.45) is 0 Å². The molecule has 0 N–H and O–H groups in total. The molecule has 0 unspecified atom stereocenters. The predicted molar refractivity (Wildman–Crippen MR) is 100 cm³/mol. The maximum Gasteiger partial charge on any atom is 0.343 e. The van der Waals surface area contributed by atoms with E-state index in [1.165, 1.54) is 18.9 Å². The Morgan fingerprint density at radius 2 is 1.17 bits per heavy atom. The van der Waals surface area contributed by atoms with Crippen molar-refractivity contribution < 1.29 is 19.4 Å². The molecular weight excluding hydrogens is 400 g/mol. The van der Waals surface area contributed by atoms with Crippen LogP contribution in [0.3, 0.4) is 0 Å². The Bertz CT molecular complexity index is 923. The van der Waals surface area contributed by atoms with Crippen LogP contribution in [0.5, 0.6) is 0 Å². The number of imidazole rings is 2. The molecule has 0 radical (unpaired) electrons. The molecule has 1 aliphatic rings. The van der Waals surface area contributed by atoms with Gasteiger partial charge in [0.25, 0.3) is 11.8 Å². The molecule has 1 saturated heterocycles. The smallest absolute Gasteiger partial charge is 0.343 e. The van der Waals surface area contributed by atoms with E-state index in [1.807, 2.05) is 0 Å². The van der Waals surface area contributed by atoms with Crippen molar-refractivity contribution >= 4 is 23.5 Å². The minimum Gasteiger partial charge on any atom is -0.358 e. The van der Waals surface area contributed by atoms with Gasteiger partial charge in [-0.05, 0) is 9.85 Å². The first kappa shape index (κ1) is 20.9. The van der Waals surface area contributed by atoms with Gasteiger partial charge in [0, 0.05) is 40.0 Å². The quantitative estimate of drug-likeness (QED) is 0.461. The molecular formula is C16H20N8O6. The monoisotopic (exact) mass is 420 g/mol. The van der Waals surface area contributed by atoms with Gasteiger partial charge in [0.05, 0.1) is 0 Å². The van der Waals surface area contributed by atoms with Gasteiger partial charge in [0.2, 0.25) is 0 Å². The molecule has 0 atom stereocenters. The number of piperazine rings is 1. The number of amides is 2. The van der Waals surface area contributed by atoms with Crippen LogP contribution in [-0.4, -0.2) is 76.7 Å². The highest BCUT2D eigenvalue weighted by Crippen LogP contribution is 2.16. The summed E-state index contributed by atoms with van der Waals surface area (Å²) in [5.74, 6) is -0.416. The van der Waals surface area contributed by atoms with Gasteiger partial charge in [-0.2, -0.15) is 0 Å². The van der Waals surface area contributed by atoms with Gasteiger partial charge in [-0.3, -0.25) is 9.59 Å². The van der Waals surface area contributed by atoms with Crippen molar-refractivity contribution in [3.05, 3.63) is 44.3 Å². The fourth-order valence-electron chi connectivity index (χ4n) is 3.27. The summed E-state index contributed by atoms with van der Waals surface area (Å²) in [7, 11) is 0. The number of carbonyl (C=O) groups excluding carboxylic acids is 2. The fraction of sp³-hybridized carbons (Fsp3) is 0.500. The van der Waals surface area contributed by atoms with E-state index in [4.69, 9.17) is 0 Å². The Morgan fingerprint density at radius 1 is 0.833 bits per heavy atom. The van der Waals surface area contributed by atoms with Gasteiger partial charge in [0.1, 0.15) is 12.4 Å². The van der Waals surface area contributed by atoms with E-state index in [1.54, 1.807) is 13.8 Å². The summed E-state index contributed by atoms with van der Waals surface area (Å²) in [6.07, 6.45) is 2.22. The van der Waals surface area contributed by atoms with Gasteiger partial charge < -0.3 is 30.0 Å². The number of aryl methyl sites for hydroxylation is 2. The summed E-state index contributed by atoms with van der Waals surface area (Å²) in [5.41, 5.74) is 0. The SMILES string of the molecule is Cc1ncc([N+](=O)[O-])n1CC(=O)N1CCN(C(=O)Cn2c([N+](=O)[O-])cnc2C)CC1. The van der Waals surface area contributed by atoms with E-state index in [0.29, 0.717) is 11.6 Å². The molecule has 0 spiro atoms. The summed E-state index contributed by atoms with van der Waals surface area (Å²) in [6, 6.07) is 0. The zero-order chi connectivity index (χ0) is 22.0. The molecule has 30 heavy (non-hydrogen) atoms. The van der Waals surface area contributed by atoms with Crippen molar-refractivity contribution in [2.45, 2.75) is 26.9 Å². The van der Waals surface area contributed by atoms with E-state index in [9.17, 15) is 29.8 Å². The molecule has 14 nitrogen and oxygen atoms in total. The first-order chi connectivity index (χ1) is 14.2. The van der Waals surface area contributed by atoms with Crippen LogP contribution in [0.1, 0.15) is 11.6 Å². The second-order valence-electron chi connectivity index (χ2n) is 6.78. The normalized spacial score (nSPS) is 14.1. The summed E-state index contributed by atoms with van der Waals surface area (Å²) in [5, 5.41) is 22.1. The average Bonchev–Trinajstić information content (AvgIpc) is 3.25. The molecule has 2 amide bonds. The van der Waals surface area contributed by atoms with Crippen LogP contribution in [0.4, 0.5) is 11.6 Å². The third kappa shape index (κ3) is 4.11. The minimum atomic E-state index is -0.596. The molecule has 0 aliphatic carbocycles. The lowest BCUT2D eigenvalue weighted by Crippen LogP contribution is -2.52. The molecule has 1 fully saturated rings. The number of nitrogens with zero attached hydrogens (tertiary/aromatic N) is 8. The van der Waals surface area contributed by atoms with Crippen LogP contribution in [0.2, 0.25) is 0 Å². The zero-order valence-electron chi connectivity index (χ0n) is 16.4. The highest BCUT2D eigenvalue weighted by atomic mass is 16.6. The maximum atomic E-state index is 12.6. The van der Waals surface area contributed by atoms with Crippen LogP contribution in [0.25, 0.3) is 0 Å². The second kappa shape index (κ2) is 8.26. The third-order valence-corrected chi connectivity index (χ3v) is 5.01. The highest BCUT2D eigenvalue weighted by molar-refractivity contribution is 5.78. The van der Waals surface area contributed by atoms with Crippen LogP contribution >= 0.6 is 0 Å². The van der Waals surface area contributed by atoms with Gasteiger partial charge in [-0.1, -0.05) is 0 Å². The molecule has 0 saturated carbocycles. The summed E-state index contributed by atoms with van der Waals surface area (Å²) >= 11 is 0. The number of aromatic nitrogens is 4. The standard InChI is InChI=1S/C16H20N8O6/c1-11-17-7-13(23(27)28)21(11)9-15(25)19-3-5-20(6-4-19)16(26)10-22-12(2)18-8-14(22)24(29)30/h7-8H,3-6,9-10H2,1-2H3. The van der Waals surface area contributed by atoms with E-state index in [0.717, 1.165) is 12.4 Å². The third-order valence-electron chi connectivity index (χ3n) is 5.01. The number of rotatable bonds is 6. The molecule has 3 heterocycles. The first-order valence-corrected chi connectivity index (χ1v) is 9.07. The van der Waals surface area contributed by atoms with Crippen LogP contribution < -0.4 is 0 Å². The van der Waals surface area contributed by atoms with Gasteiger partial charge in [-0.25, -0.2) is 19.1 Å². The summed E-state index contributed by atoms with van der Waals surface area (Å²) in [6.45, 7) is 3.78. The summed E-state index contributed by atoms with van der Waals surface area (Å²) < 4.78 is 2.47. The van der Waals surface area contributed by atoms with Crippen LogP contribution in [0, 0.1) is 34.1 Å². The van der Waals surface area contributed by atoms with E-state index < -0.39 is 9.85 Å². The van der Waals surface area contributed by atoms with E-state index in [2.05, 4.69) is 9.97 Å². The number of nitro groups is 2. The molecule has 0 aromatic carbocycles. The fourth-order valence-corrected chi connectivity index (χ4v) is 3.27. The van der Waals surface area contributed by atoms with Crippen molar-refractivity contribution in [1.82, 2.24) is 28.9 Å². The maximum absolute atomic E-state index is 12.6. The van der Waals surface area contributed by atoms with Gasteiger partial charge in [-0.15, -0.1) is 0 Å². The highest BCUT2D eigenvalue weighted by Gasteiger charge is 2.29. The lowest BCUT2D eigenvalue weighted by molar-refractivity contribution is -0.392. The summed E-state index contributed by atoms with van der Waals surface area (Å²) in [4.78, 5) is 56.8. The molecule has 2 aromatic rings. The van der Waals surface area contributed by atoms with Crippen molar-refractivity contribution in [1.29, 1.82) is 0 Å². The number of carbonyl (C=O) groups is 2. The van der Waals surface area contributed by atoms with Crippen molar-refractivity contribution in [3.63, 3.8) is 0 Å². The Kier molecular flexibility index (Phi) is 5.75. The first-order valence-electron chi connectivity index (χ1n) is 9.07. The Hall–Kier alpha value is -3.84. The second-order valence-corrected chi connectivity index (χ2v) is 6.78. The van der Waals surface area contributed by atoms with E-state index >= 15 is 0 Å². The zero-order valence-corrected chi connectivity index (χ0v) is 16.4. The van der Waals surface area contributed by atoms with Gasteiger partial charge in [0.15, 0.2) is 24.7 Å². The predicted octanol–water partition coefficient (Wildman–Crippen LogP) is -0.116. The Morgan fingerprint density at radius 3 is 1.47 bits per heavy atom.